The van der Waals surface area contributed by atoms with Crippen molar-refractivity contribution in [1.82, 2.24) is 5.32 Å². The minimum absolute atomic E-state index is 0.856. The van der Waals surface area contributed by atoms with E-state index in [1.165, 1.54) is 30.5 Å². The van der Waals surface area contributed by atoms with Crippen LogP contribution in [0.1, 0.15) is 45.1 Å². The molecule has 1 aromatic carbocycles. The van der Waals surface area contributed by atoms with Crippen molar-refractivity contribution in [3.63, 3.8) is 0 Å². The van der Waals surface area contributed by atoms with Crippen LogP contribution in [-0.4, -0.2) is 20.1 Å². The Kier molecular flexibility index (Phi) is 7.92. The zero-order valence-electron chi connectivity index (χ0n) is 12.5. The molecule has 0 radical (unpaired) electrons. The first-order valence-corrected chi connectivity index (χ1v) is 7.77. The molecule has 0 amide bonds. The molecule has 0 spiro atoms. The van der Waals surface area contributed by atoms with Gasteiger partial charge < -0.3 is 10.2 Å². The molecular weight excluding hydrogens is 256 g/mol. The van der Waals surface area contributed by atoms with Crippen molar-refractivity contribution in [2.24, 2.45) is 0 Å². The van der Waals surface area contributed by atoms with E-state index in [-0.39, 0.29) is 0 Å². The summed E-state index contributed by atoms with van der Waals surface area (Å²) in [5, 5.41) is 4.31. The van der Waals surface area contributed by atoms with E-state index in [0.717, 1.165) is 31.1 Å². The molecule has 0 aliphatic rings. The molecule has 0 bridgehead atoms. The van der Waals surface area contributed by atoms with Crippen LogP contribution in [0, 0.1) is 0 Å². The average Bonchev–Trinajstić information content (AvgIpc) is 2.39. The average molecular weight is 283 g/mol. The maximum atomic E-state index is 6.38. The van der Waals surface area contributed by atoms with E-state index in [1.807, 2.05) is 12.1 Å². The Labute approximate surface area is 123 Å². The summed E-state index contributed by atoms with van der Waals surface area (Å²) in [6.45, 7) is 7.42. The number of nitrogens with zero attached hydrogens (tertiary/aromatic N) is 1. The van der Waals surface area contributed by atoms with Crippen LogP contribution in [0.25, 0.3) is 0 Å². The molecule has 3 heteroatoms. The van der Waals surface area contributed by atoms with E-state index < -0.39 is 0 Å². The molecule has 0 aromatic heterocycles. The maximum absolute atomic E-state index is 6.38. The Bertz CT molecular complexity index is 366. The number of unbranched alkanes of at least 4 members (excludes halogenated alkanes) is 2. The Hall–Kier alpha value is -0.730. The summed E-state index contributed by atoms with van der Waals surface area (Å²) >= 11 is 6.38. The molecule has 1 aromatic rings. The van der Waals surface area contributed by atoms with Crippen molar-refractivity contribution < 1.29 is 0 Å². The van der Waals surface area contributed by atoms with E-state index in [9.17, 15) is 0 Å². The fourth-order valence-electron chi connectivity index (χ4n) is 2.24. The quantitative estimate of drug-likeness (QED) is 0.673. The first-order chi connectivity index (χ1) is 9.20. The number of rotatable bonds is 9. The number of benzene rings is 1. The fourth-order valence-corrected chi connectivity index (χ4v) is 2.58. The van der Waals surface area contributed by atoms with E-state index in [4.69, 9.17) is 11.6 Å². The lowest BCUT2D eigenvalue weighted by Gasteiger charge is -2.24. The highest BCUT2D eigenvalue weighted by Gasteiger charge is 2.11. The maximum Gasteiger partial charge on any atom is 0.0642 e. The van der Waals surface area contributed by atoms with Gasteiger partial charge >= 0.3 is 0 Å². The highest BCUT2D eigenvalue weighted by Crippen LogP contribution is 2.29. The van der Waals surface area contributed by atoms with E-state index in [1.54, 1.807) is 0 Å². The number of hydrogen-bond acceptors (Lipinski definition) is 2. The van der Waals surface area contributed by atoms with Crippen molar-refractivity contribution in [2.45, 2.75) is 46.1 Å². The van der Waals surface area contributed by atoms with Crippen molar-refractivity contribution in [3.05, 3.63) is 28.8 Å². The molecule has 0 heterocycles. The molecule has 0 saturated carbocycles. The van der Waals surface area contributed by atoms with Gasteiger partial charge in [0, 0.05) is 20.1 Å². The number of nitrogens with one attached hydrogen (secondary N) is 1. The molecule has 0 unspecified atom stereocenters. The monoisotopic (exact) mass is 282 g/mol. The van der Waals surface area contributed by atoms with Crippen LogP contribution in [0.5, 0.6) is 0 Å². The molecule has 0 aliphatic carbocycles. The third kappa shape index (κ3) is 5.42. The molecule has 1 N–H and O–H groups in total. The summed E-state index contributed by atoms with van der Waals surface area (Å²) in [6.07, 6.45) is 4.90. The first-order valence-electron chi connectivity index (χ1n) is 7.39. The summed E-state index contributed by atoms with van der Waals surface area (Å²) in [5.41, 5.74) is 2.48. The third-order valence-corrected chi connectivity index (χ3v) is 3.60. The Balaban J connectivity index is 2.72. The van der Waals surface area contributed by atoms with E-state index in [0.29, 0.717) is 0 Å². The summed E-state index contributed by atoms with van der Waals surface area (Å²) in [6, 6.07) is 6.19. The van der Waals surface area contributed by atoms with Gasteiger partial charge in [-0.2, -0.15) is 0 Å². The predicted molar refractivity (Wildman–Crippen MR) is 86.2 cm³/mol. The second-order valence-electron chi connectivity index (χ2n) is 5.05. The largest absolute Gasteiger partial charge is 0.373 e. The van der Waals surface area contributed by atoms with Crippen molar-refractivity contribution in [3.8, 4) is 0 Å². The minimum Gasteiger partial charge on any atom is -0.373 e. The van der Waals surface area contributed by atoms with Crippen LogP contribution >= 0.6 is 11.6 Å². The predicted octanol–water partition coefficient (Wildman–Crippen LogP) is 4.47. The van der Waals surface area contributed by atoms with Gasteiger partial charge in [-0.3, -0.25) is 0 Å². The van der Waals surface area contributed by atoms with Crippen LogP contribution in [0.4, 0.5) is 5.69 Å². The Morgan fingerprint density at radius 2 is 1.95 bits per heavy atom. The molecule has 108 valence electrons. The minimum atomic E-state index is 0.856. The number of para-hydroxylation sites is 1. The van der Waals surface area contributed by atoms with Gasteiger partial charge in [-0.1, -0.05) is 50.4 Å². The topological polar surface area (TPSA) is 15.3 Å². The molecule has 1 rings (SSSR count). The Morgan fingerprint density at radius 3 is 2.63 bits per heavy atom. The van der Waals surface area contributed by atoms with Crippen molar-refractivity contribution in [2.75, 3.05) is 25.0 Å². The van der Waals surface area contributed by atoms with Crippen LogP contribution in [0.2, 0.25) is 5.02 Å². The lowest BCUT2D eigenvalue weighted by molar-refractivity contribution is 0.669. The molecule has 0 atom stereocenters. The lowest BCUT2D eigenvalue weighted by Crippen LogP contribution is -2.22. The van der Waals surface area contributed by atoms with Gasteiger partial charge in [0.25, 0.3) is 0 Å². The zero-order chi connectivity index (χ0) is 14.1. The van der Waals surface area contributed by atoms with Gasteiger partial charge in [0.05, 0.1) is 10.7 Å². The normalized spacial score (nSPS) is 10.7. The molecule has 0 aliphatic heterocycles. The van der Waals surface area contributed by atoms with E-state index in [2.05, 4.69) is 37.2 Å². The molecule has 0 fully saturated rings. The lowest BCUT2D eigenvalue weighted by atomic mass is 10.1. The third-order valence-electron chi connectivity index (χ3n) is 3.29. The van der Waals surface area contributed by atoms with Gasteiger partial charge in [-0.05, 0) is 31.0 Å². The standard InChI is InChI=1S/C16H27ClN2/c1-4-6-7-12-19(3)16-14(13-18-11-5-2)9-8-10-15(16)17/h8-10,18H,4-7,11-13H2,1-3H3. The smallest absolute Gasteiger partial charge is 0.0642 e. The van der Waals surface area contributed by atoms with Crippen molar-refractivity contribution in [1.29, 1.82) is 0 Å². The highest BCUT2D eigenvalue weighted by molar-refractivity contribution is 6.33. The van der Waals surface area contributed by atoms with Gasteiger partial charge in [-0.15, -0.1) is 0 Å². The zero-order valence-corrected chi connectivity index (χ0v) is 13.3. The van der Waals surface area contributed by atoms with Crippen molar-refractivity contribution >= 4 is 17.3 Å². The SMILES string of the molecule is CCCCCN(C)c1c(Cl)cccc1CNCCC. The number of hydrogen-bond donors (Lipinski definition) is 1. The van der Waals surface area contributed by atoms with Gasteiger partial charge in [0.15, 0.2) is 0 Å². The van der Waals surface area contributed by atoms with Gasteiger partial charge in [0.1, 0.15) is 0 Å². The Morgan fingerprint density at radius 1 is 1.16 bits per heavy atom. The van der Waals surface area contributed by atoms with Crippen LogP contribution in [-0.2, 0) is 6.54 Å². The molecule has 2 nitrogen and oxygen atoms in total. The highest BCUT2D eigenvalue weighted by atomic mass is 35.5. The van der Waals surface area contributed by atoms with Gasteiger partial charge in [-0.25, -0.2) is 0 Å². The fraction of sp³-hybridized carbons (Fsp3) is 0.625. The molecule has 19 heavy (non-hydrogen) atoms. The summed E-state index contributed by atoms with van der Waals surface area (Å²) in [7, 11) is 2.14. The molecular formula is C16H27ClN2. The van der Waals surface area contributed by atoms with E-state index >= 15 is 0 Å². The number of halogens is 1. The first kappa shape index (κ1) is 16.3. The van der Waals surface area contributed by atoms with Crippen LogP contribution in [0.15, 0.2) is 18.2 Å². The summed E-state index contributed by atoms with van der Waals surface area (Å²) in [5.74, 6) is 0. The van der Waals surface area contributed by atoms with Crippen LogP contribution < -0.4 is 10.2 Å². The second-order valence-corrected chi connectivity index (χ2v) is 5.46. The summed E-state index contributed by atoms with van der Waals surface area (Å²) < 4.78 is 0. The molecule has 0 saturated heterocycles. The van der Waals surface area contributed by atoms with Crippen LogP contribution in [0.3, 0.4) is 0 Å². The number of anilines is 1. The van der Waals surface area contributed by atoms with Gasteiger partial charge in [0.2, 0.25) is 0 Å². The second kappa shape index (κ2) is 9.22. The summed E-state index contributed by atoms with van der Waals surface area (Å²) in [4.78, 5) is 2.29.